The largest absolute Gasteiger partial charge is 0.354 e. The Morgan fingerprint density at radius 2 is 2.00 bits per heavy atom. The van der Waals surface area contributed by atoms with Crippen LogP contribution in [0.25, 0.3) is 0 Å². The molecule has 8 heteroatoms. The van der Waals surface area contributed by atoms with Crippen molar-refractivity contribution in [2.24, 2.45) is 13.0 Å². The van der Waals surface area contributed by atoms with Crippen LogP contribution < -0.4 is 5.32 Å². The molecule has 1 amide bonds. The van der Waals surface area contributed by atoms with Crippen LogP contribution in [0, 0.1) is 11.7 Å². The number of halogens is 1. The zero-order valence-electron chi connectivity index (χ0n) is 14.1. The van der Waals surface area contributed by atoms with Crippen molar-refractivity contribution in [1.82, 2.24) is 24.4 Å². The molecule has 1 N–H and O–H groups in total. The van der Waals surface area contributed by atoms with Crippen LogP contribution >= 0.6 is 0 Å². The molecule has 0 aromatic carbocycles. The number of amides is 1. The number of carbonyl (C=O) groups excluding carboxylic acids is 1. The maximum atomic E-state index is 13.0. The van der Waals surface area contributed by atoms with E-state index in [1.807, 2.05) is 22.7 Å². The fourth-order valence-corrected chi connectivity index (χ4v) is 3.60. The number of likely N-dealkylation sites (tertiary alicyclic amines) is 1. The molecule has 25 heavy (non-hydrogen) atoms. The molecule has 2 aromatic heterocycles. The third-order valence-electron chi connectivity index (χ3n) is 4.97. The van der Waals surface area contributed by atoms with Crippen LogP contribution in [0.1, 0.15) is 37.5 Å². The molecule has 1 saturated carbocycles. The van der Waals surface area contributed by atoms with Gasteiger partial charge in [0, 0.05) is 44.4 Å². The molecule has 0 bridgehead atoms. The van der Waals surface area contributed by atoms with Gasteiger partial charge in [0.25, 0.3) is 0 Å². The highest BCUT2D eigenvalue weighted by Gasteiger charge is 2.45. The summed E-state index contributed by atoms with van der Waals surface area (Å²) in [6, 6.07) is 0.278. The van der Waals surface area contributed by atoms with Crippen LogP contribution in [0.4, 0.5) is 10.3 Å². The average Bonchev–Trinajstić information content (AvgIpc) is 3.36. The highest BCUT2D eigenvalue weighted by atomic mass is 19.1. The number of imidazole rings is 1. The fourth-order valence-electron chi connectivity index (χ4n) is 3.60. The van der Waals surface area contributed by atoms with Crippen LogP contribution in [0.5, 0.6) is 0 Å². The number of aromatic nitrogens is 4. The molecule has 4 rings (SSSR count). The zero-order chi connectivity index (χ0) is 17.4. The van der Waals surface area contributed by atoms with Crippen molar-refractivity contribution >= 4 is 11.9 Å². The standard InChI is InChI=1S/C17H21FN6O/c1-23-7-6-19-16(23)15-11(2-5-14(25)24(15)13-3-4-13)8-20-17-21-9-12(18)10-22-17/h6-7,9-11,13,15H,2-5,8H2,1H3,(H,20,21,22)/t11-,15+/m1/s1. The number of nitrogens with zero attached hydrogens (tertiary/aromatic N) is 5. The van der Waals surface area contributed by atoms with Gasteiger partial charge < -0.3 is 14.8 Å². The van der Waals surface area contributed by atoms with Gasteiger partial charge in [0.2, 0.25) is 11.9 Å². The first kappa shape index (κ1) is 16.0. The predicted octanol–water partition coefficient (Wildman–Crippen LogP) is 1.90. The second kappa shape index (κ2) is 6.42. The molecular formula is C17H21FN6O. The number of hydrogen-bond acceptors (Lipinski definition) is 5. The normalized spacial score (nSPS) is 23.8. The fraction of sp³-hybridized carbons (Fsp3) is 0.529. The summed E-state index contributed by atoms with van der Waals surface area (Å²) in [6.45, 7) is 0.611. The zero-order valence-corrected chi connectivity index (χ0v) is 14.1. The first-order valence-electron chi connectivity index (χ1n) is 8.63. The van der Waals surface area contributed by atoms with Crippen molar-refractivity contribution in [3.63, 3.8) is 0 Å². The monoisotopic (exact) mass is 344 g/mol. The van der Waals surface area contributed by atoms with E-state index >= 15 is 0 Å². The molecule has 2 atom stereocenters. The number of aryl methyl sites for hydroxylation is 1. The quantitative estimate of drug-likeness (QED) is 0.897. The van der Waals surface area contributed by atoms with Gasteiger partial charge >= 0.3 is 0 Å². The van der Waals surface area contributed by atoms with Gasteiger partial charge in [-0.15, -0.1) is 0 Å². The molecule has 1 aliphatic carbocycles. The second-order valence-corrected chi connectivity index (χ2v) is 6.78. The Bertz CT molecular complexity index is 757. The van der Waals surface area contributed by atoms with Gasteiger partial charge in [0.15, 0.2) is 5.82 Å². The van der Waals surface area contributed by atoms with Crippen LogP contribution in [0.15, 0.2) is 24.8 Å². The molecule has 3 heterocycles. The number of hydrogen-bond donors (Lipinski definition) is 1. The molecule has 2 aromatic rings. The molecule has 7 nitrogen and oxygen atoms in total. The highest BCUT2D eigenvalue weighted by molar-refractivity contribution is 5.78. The van der Waals surface area contributed by atoms with Gasteiger partial charge in [-0.2, -0.15) is 0 Å². The maximum absolute atomic E-state index is 13.0. The van der Waals surface area contributed by atoms with Crippen molar-refractivity contribution in [1.29, 1.82) is 0 Å². The Kier molecular flexibility index (Phi) is 4.10. The summed E-state index contributed by atoms with van der Waals surface area (Å²) in [5.74, 6) is 1.26. The lowest BCUT2D eigenvalue weighted by Crippen LogP contribution is -2.47. The Balaban J connectivity index is 1.57. The first-order chi connectivity index (χ1) is 12.1. The summed E-state index contributed by atoms with van der Waals surface area (Å²) >= 11 is 0. The molecule has 2 fully saturated rings. The lowest BCUT2D eigenvalue weighted by Gasteiger charge is -2.41. The van der Waals surface area contributed by atoms with Crippen LogP contribution in [0.2, 0.25) is 0 Å². The molecule has 132 valence electrons. The third-order valence-corrected chi connectivity index (χ3v) is 4.97. The lowest BCUT2D eigenvalue weighted by molar-refractivity contribution is -0.140. The molecule has 0 radical (unpaired) electrons. The SMILES string of the molecule is Cn1ccnc1[C@@H]1[C@@H](CNc2ncc(F)cn2)CCC(=O)N1C1CC1. The average molecular weight is 344 g/mol. The Morgan fingerprint density at radius 1 is 1.24 bits per heavy atom. The van der Waals surface area contributed by atoms with Crippen molar-refractivity contribution in [3.8, 4) is 0 Å². The van der Waals surface area contributed by atoms with Crippen molar-refractivity contribution in [2.75, 3.05) is 11.9 Å². The van der Waals surface area contributed by atoms with Crippen LogP contribution in [-0.4, -0.2) is 42.9 Å². The number of piperidine rings is 1. The van der Waals surface area contributed by atoms with E-state index < -0.39 is 5.82 Å². The maximum Gasteiger partial charge on any atom is 0.223 e. The molecule has 0 unspecified atom stereocenters. The van der Waals surface area contributed by atoms with E-state index in [0.29, 0.717) is 25.0 Å². The lowest BCUT2D eigenvalue weighted by atomic mass is 9.87. The number of anilines is 1. The van der Waals surface area contributed by atoms with Crippen LogP contribution in [0.3, 0.4) is 0 Å². The minimum Gasteiger partial charge on any atom is -0.354 e. The minimum atomic E-state index is -0.459. The molecule has 1 aliphatic heterocycles. The summed E-state index contributed by atoms with van der Waals surface area (Å²) in [5, 5.41) is 3.18. The van der Waals surface area contributed by atoms with E-state index in [1.54, 1.807) is 6.20 Å². The van der Waals surface area contributed by atoms with E-state index in [1.165, 1.54) is 0 Å². The first-order valence-corrected chi connectivity index (χ1v) is 8.63. The number of rotatable bonds is 5. The molecular weight excluding hydrogens is 323 g/mol. The van der Waals surface area contributed by atoms with Gasteiger partial charge in [-0.3, -0.25) is 4.79 Å². The van der Waals surface area contributed by atoms with Crippen molar-refractivity contribution in [2.45, 2.75) is 37.8 Å². The van der Waals surface area contributed by atoms with Gasteiger partial charge in [0.1, 0.15) is 5.82 Å². The smallest absolute Gasteiger partial charge is 0.223 e. The van der Waals surface area contributed by atoms with E-state index in [9.17, 15) is 9.18 Å². The topological polar surface area (TPSA) is 75.9 Å². The number of nitrogens with one attached hydrogen (secondary N) is 1. The summed E-state index contributed by atoms with van der Waals surface area (Å²) in [4.78, 5) is 27.0. The van der Waals surface area contributed by atoms with E-state index in [2.05, 4.69) is 20.3 Å². The Labute approximate surface area is 145 Å². The summed E-state index contributed by atoms with van der Waals surface area (Å²) in [7, 11) is 1.96. The molecule has 0 spiro atoms. The van der Waals surface area contributed by atoms with Crippen molar-refractivity contribution < 1.29 is 9.18 Å². The summed E-state index contributed by atoms with van der Waals surface area (Å²) in [6.07, 6.45) is 9.43. The molecule has 1 saturated heterocycles. The third kappa shape index (κ3) is 3.20. The number of carbonyl (C=O) groups is 1. The van der Waals surface area contributed by atoms with Crippen LogP contribution in [-0.2, 0) is 11.8 Å². The van der Waals surface area contributed by atoms with Gasteiger partial charge in [-0.1, -0.05) is 0 Å². The van der Waals surface area contributed by atoms with E-state index in [4.69, 9.17) is 0 Å². The summed E-state index contributed by atoms with van der Waals surface area (Å²) in [5.41, 5.74) is 0. The van der Waals surface area contributed by atoms with E-state index in [0.717, 1.165) is 37.5 Å². The highest BCUT2D eigenvalue weighted by Crippen LogP contribution is 2.42. The predicted molar refractivity (Wildman–Crippen MR) is 89.0 cm³/mol. The molecule has 2 aliphatic rings. The van der Waals surface area contributed by atoms with Gasteiger partial charge in [-0.25, -0.2) is 19.3 Å². The van der Waals surface area contributed by atoms with E-state index in [-0.39, 0.29) is 17.9 Å². The van der Waals surface area contributed by atoms with Crippen molar-refractivity contribution in [3.05, 3.63) is 36.4 Å². The Hall–Kier alpha value is -2.51. The summed E-state index contributed by atoms with van der Waals surface area (Å²) < 4.78 is 14.9. The minimum absolute atomic E-state index is 0.0540. The van der Waals surface area contributed by atoms with Gasteiger partial charge in [0.05, 0.1) is 18.4 Å². The Morgan fingerprint density at radius 3 is 2.64 bits per heavy atom. The second-order valence-electron chi connectivity index (χ2n) is 6.78. The van der Waals surface area contributed by atoms with Gasteiger partial charge in [-0.05, 0) is 19.3 Å².